The summed E-state index contributed by atoms with van der Waals surface area (Å²) < 4.78 is 39.1. The summed E-state index contributed by atoms with van der Waals surface area (Å²) in [5.41, 5.74) is 0.375. The van der Waals surface area contributed by atoms with Crippen molar-refractivity contribution < 1.29 is 13.2 Å². The number of hydrogen-bond donors (Lipinski definition) is 1. The van der Waals surface area contributed by atoms with Crippen molar-refractivity contribution in [2.75, 3.05) is 26.2 Å². The van der Waals surface area contributed by atoms with E-state index in [0.717, 1.165) is 13.1 Å². The Morgan fingerprint density at radius 2 is 1.83 bits per heavy atom. The van der Waals surface area contributed by atoms with E-state index in [1.807, 2.05) is 4.90 Å². The standard InChI is InChI=1S/C13H17F3N2/c14-11-4-2-1-3-10(11)12(9-13(15)16)18-7-5-17-6-8-18/h1-4,12-13,17H,5-9H2/t12-/m0/s1. The number of rotatable bonds is 4. The summed E-state index contributed by atoms with van der Waals surface area (Å²) >= 11 is 0. The Balaban J connectivity index is 2.21. The normalized spacial score (nSPS) is 19.1. The number of nitrogens with zero attached hydrogens (tertiary/aromatic N) is 1. The van der Waals surface area contributed by atoms with E-state index in [4.69, 9.17) is 0 Å². The highest BCUT2D eigenvalue weighted by atomic mass is 19.3. The molecule has 18 heavy (non-hydrogen) atoms. The number of benzene rings is 1. The van der Waals surface area contributed by atoms with Crippen molar-refractivity contribution in [3.63, 3.8) is 0 Å². The molecular weight excluding hydrogens is 241 g/mol. The minimum absolute atomic E-state index is 0.319. The Bertz CT molecular complexity index is 378. The molecule has 0 unspecified atom stereocenters. The molecule has 5 heteroatoms. The average Bonchev–Trinajstić information content (AvgIpc) is 2.38. The van der Waals surface area contributed by atoms with Crippen LogP contribution in [0.5, 0.6) is 0 Å². The minimum atomic E-state index is -2.43. The van der Waals surface area contributed by atoms with Gasteiger partial charge in [-0.25, -0.2) is 13.2 Å². The molecule has 1 fully saturated rings. The topological polar surface area (TPSA) is 15.3 Å². The lowest BCUT2D eigenvalue weighted by atomic mass is 10.0. The summed E-state index contributed by atoms with van der Waals surface area (Å²) in [7, 11) is 0. The van der Waals surface area contributed by atoms with E-state index >= 15 is 0 Å². The summed E-state index contributed by atoms with van der Waals surface area (Å²) in [5.74, 6) is -0.401. The van der Waals surface area contributed by atoms with Gasteiger partial charge >= 0.3 is 0 Å². The number of hydrogen-bond acceptors (Lipinski definition) is 2. The first kappa shape index (κ1) is 13.4. The fourth-order valence-corrected chi connectivity index (χ4v) is 2.38. The van der Waals surface area contributed by atoms with Crippen LogP contribution in [0.25, 0.3) is 0 Å². The van der Waals surface area contributed by atoms with Crippen LogP contribution in [0.15, 0.2) is 24.3 Å². The SMILES string of the molecule is Fc1ccccc1[C@H](CC(F)F)N1CCNCC1. The van der Waals surface area contributed by atoms with E-state index in [9.17, 15) is 13.2 Å². The summed E-state index contributed by atoms with van der Waals surface area (Å²) in [6.45, 7) is 2.86. The van der Waals surface area contributed by atoms with Gasteiger partial charge in [0.1, 0.15) is 5.82 Å². The van der Waals surface area contributed by atoms with Crippen LogP contribution in [-0.2, 0) is 0 Å². The van der Waals surface area contributed by atoms with Crippen LogP contribution in [0.4, 0.5) is 13.2 Å². The number of alkyl halides is 2. The highest BCUT2D eigenvalue weighted by Crippen LogP contribution is 2.29. The third-order valence-corrected chi connectivity index (χ3v) is 3.26. The second kappa shape index (κ2) is 6.20. The van der Waals surface area contributed by atoms with E-state index in [-0.39, 0.29) is 6.42 Å². The van der Waals surface area contributed by atoms with Gasteiger partial charge in [0, 0.05) is 44.2 Å². The van der Waals surface area contributed by atoms with E-state index in [1.54, 1.807) is 18.2 Å². The fourth-order valence-electron chi connectivity index (χ4n) is 2.38. The molecule has 1 atom stereocenters. The van der Waals surface area contributed by atoms with Crippen LogP contribution in [0, 0.1) is 5.82 Å². The number of nitrogens with one attached hydrogen (secondary N) is 1. The molecule has 0 saturated carbocycles. The monoisotopic (exact) mass is 258 g/mol. The summed E-state index contributed by atoms with van der Waals surface area (Å²) in [4.78, 5) is 1.93. The van der Waals surface area contributed by atoms with Crippen molar-refractivity contribution in [1.29, 1.82) is 0 Å². The molecule has 1 aromatic rings. The molecule has 0 radical (unpaired) electrons. The molecule has 2 nitrogen and oxygen atoms in total. The molecule has 100 valence electrons. The van der Waals surface area contributed by atoms with Crippen molar-refractivity contribution in [2.45, 2.75) is 18.9 Å². The Hall–Kier alpha value is -1.07. The van der Waals surface area contributed by atoms with E-state index in [2.05, 4.69) is 5.32 Å². The maximum atomic E-state index is 13.8. The Morgan fingerprint density at radius 1 is 1.17 bits per heavy atom. The van der Waals surface area contributed by atoms with E-state index in [0.29, 0.717) is 18.7 Å². The molecule has 0 amide bonds. The molecule has 2 rings (SSSR count). The third kappa shape index (κ3) is 3.23. The zero-order valence-corrected chi connectivity index (χ0v) is 10.1. The zero-order chi connectivity index (χ0) is 13.0. The molecule has 1 aliphatic rings. The average molecular weight is 258 g/mol. The van der Waals surface area contributed by atoms with Crippen LogP contribution in [-0.4, -0.2) is 37.5 Å². The zero-order valence-electron chi connectivity index (χ0n) is 10.1. The van der Waals surface area contributed by atoms with E-state index < -0.39 is 18.3 Å². The van der Waals surface area contributed by atoms with Gasteiger partial charge in [-0.1, -0.05) is 18.2 Å². The molecule has 1 heterocycles. The fraction of sp³-hybridized carbons (Fsp3) is 0.538. The predicted molar refractivity (Wildman–Crippen MR) is 64.2 cm³/mol. The Morgan fingerprint density at radius 3 is 2.44 bits per heavy atom. The number of piperazine rings is 1. The molecule has 0 aromatic heterocycles. The van der Waals surface area contributed by atoms with Crippen LogP contribution in [0.3, 0.4) is 0 Å². The van der Waals surface area contributed by atoms with Gasteiger partial charge in [0.05, 0.1) is 0 Å². The summed E-state index contributed by atoms with van der Waals surface area (Å²) in [5, 5.41) is 3.17. The van der Waals surface area contributed by atoms with Gasteiger partial charge in [0.2, 0.25) is 6.43 Å². The van der Waals surface area contributed by atoms with Crippen LogP contribution in [0.2, 0.25) is 0 Å². The first-order valence-electron chi connectivity index (χ1n) is 6.16. The van der Waals surface area contributed by atoms with Gasteiger partial charge < -0.3 is 5.32 Å². The van der Waals surface area contributed by atoms with Gasteiger partial charge in [-0.3, -0.25) is 4.90 Å². The maximum absolute atomic E-state index is 13.8. The van der Waals surface area contributed by atoms with Crippen molar-refractivity contribution in [1.82, 2.24) is 10.2 Å². The van der Waals surface area contributed by atoms with Crippen molar-refractivity contribution >= 4 is 0 Å². The van der Waals surface area contributed by atoms with Crippen molar-refractivity contribution in [3.8, 4) is 0 Å². The van der Waals surface area contributed by atoms with Gasteiger partial charge in [0.15, 0.2) is 0 Å². The second-order valence-corrected chi connectivity index (χ2v) is 4.45. The molecule has 1 saturated heterocycles. The minimum Gasteiger partial charge on any atom is -0.314 e. The Labute approximate surface area is 105 Å². The predicted octanol–water partition coefficient (Wildman–Crippen LogP) is 2.43. The highest BCUT2D eigenvalue weighted by molar-refractivity contribution is 5.21. The molecule has 1 aliphatic heterocycles. The number of halogens is 3. The van der Waals surface area contributed by atoms with Gasteiger partial charge in [-0.15, -0.1) is 0 Å². The van der Waals surface area contributed by atoms with E-state index in [1.165, 1.54) is 6.07 Å². The molecule has 0 aliphatic carbocycles. The molecule has 1 N–H and O–H groups in total. The molecule has 0 spiro atoms. The van der Waals surface area contributed by atoms with Gasteiger partial charge in [0.25, 0.3) is 0 Å². The summed E-state index contributed by atoms with van der Waals surface area (Å²) in [6, 6.07) is 5.67. The lowest BCUT2D eigenvalue weighted by Crippen LogP contribution is -2.45. The Kier molecular flexibility index (Phi) is 4.60. The van der Waals surface area contributed by atoms with Crippen molar-refractivity contribution in [2.24, 2.45) is 0 Å². The second-order valence-electron chi connectivity index (χ2n) is 4.45. The summed E-state index contributed by atoms with van der Waals surface area (Å²) in [6.07, 6.45) is -2.74. The van der Waals surface area contributed by atoms with Crippen LogP contribution in [0.1, 0.15) is 18.0 Å². The maximum Gasteiger partial charge on any atom is 0.240 e. The quantitative estimate of drug-likeness (QED) is 0.892. The largest absolute Gasteiger partial charge is 0.314 e. The van der Waals surface area contributed by atoms with Crippen LogP contribution >= 0.6 is 0 Å². The molecule has 1 aromatic carbocycles. The van der Waals surface area contributed by atoms with Gasteiger partial charge in [-0.05, 0) is 6.07 Å². The first-order valence-corrected chi connectivity index (χ1v) is 6.16. The van der Waals surface area contributed by atoms with Crippen LogP contribution < -0.4 is 5.32 Å². The smallest absolute Gasteiger partial charge is 0.240 e. The first-order chi connectivity index (χ1) is 8.68. The lowest BCUT2D eigenvalue weighted by molar-refractivity contribution is 0.0725. The lowest BCUT2D eigenvalue weighted by Gasteiger charge is -2.35. The van der Waals surface area contributed by atoms with Crippen molar-refractivity contribution in [3.05, 3.63) is 35.6 Å². The highest BCUT2D eigenvalue weighted by Gasteiger charge is 2.27. The molecular formula is C13H17F3N2. The molecule has 0 bridgehead atoms. The third-order valence-electron chi connectivity index (χ3n) is 3.26. The van der Waals surface area contributed by atoms with Gasteiger partial charge in [-0.2, -0.15) is 0 Å².